The molecule has 2 aromatic rings. The number of benzene rings is 1. The normalized spacial score (nSPS) is 9.64. The minimum Gasteiger partial charge on any atom is -0.345 e. The summed E-state index contributed by atoms with van der Waals surface area (Å²) in [5.41, 5.74) is 2.22. The number of carbonyl (C=O) groups is 1. The van der Waals surface area contributed by atoms with Gasteiger partial charge in [0.25, 0.3) is 0 Å². The summed E-state index contributed by atoms with van der Waals surface area (Å²) in [6.07, 6.45) is 1.57. The molecule has 0 atom stereocenters. The number of imidazole rings is 1. The lowest BCUT2D eigenvalue weighted by atomic mass is 10.3. The highest BCUT2D eigenvalue weighted by Gasteiger charge is 2.01. The Labute approximate surface area is 79.4 Å². The number of aromatic nitrogens is 2. The molecule has 68 valence electrons. The van der Waals surface area contributed by atoms with Crippen molar-refractivity contribution in [2.75, 3.05) is 5.32 Å². The van der Waals surface area contributed by atoms with Crippen molar-refractivity contribution in [3.63, 3.8) is 0 Å². The van der Waals surface area contributed by atoms with Crippen molar-refractivity contribution in [1.82, 2.24) is 9.97 Å². The van der Waals surface area contributed by atoms with Crippen molar-refractivity contribution in [3.05, 3.63) is 24.5 Å². The molecule has 0 unspecified atom stereocenters. The third kappa shape index (κ3) is 1.41. The summed E-state index contributed by atoms with van der Waals surface area (Å²) in [4.78, 5) is 17.7. The van der Waals surface area contributed by atoms with E-state index in [2.05, 4.69) is 15.3 Å². The molecule has 0 radical (unpaired) electrons. The molecule has 0 saturated carbocycles. The maximum atomic E-state index is 10.8. The van der Waals surface area contributed by atoms with Crippen molar-refractivity contribution in [2.45, 2.75) is 0 Å². The Morgan fingerprint density at radius 3 is 3.21 bits per heavy atom. The molecule has 1 amide bonds. The third-order valence-electron chi connectivity index (χ3n) is 1.78. The molecule has 1 aromatic carbocycles. The fourth-order valence-corrected chi connectivity index (χ4v) is 1.17. The van der Waals surface area contributed by atoms with E-state index >= 15 is 0 Å². The Balaban J connectivity index is 2.35. The summed E-state index contributed by atoms with van der Waals surface area (Å²) in [5.74, 6) is -0.677. The van der Waals surface area contributed by atoms with E-state index in [1.165, 1.54) is 6.07 Å². The minimum absolute atomic E-state index is 0.577. The predicted molar refractivity (Wildman–Crippen MR) is 50.3 cm³/mol. The molecule has 0 aliphatic rings. The zero-order valence-corrected chi connectivity index (χ0v) is 7.11. The van der Waals surface area contributed by atoms with Gasteiger partial charge in [0.1, 0.15) is 0 Å². The number of rotatable bonds is 1. The third-order valence-corrected chi connectivity index (χ3v) is 1.78. The van der Waals surface area contributed by atoms with Crippen LogP contribution in [0.25, 0.3) is 11.0 Å². The van der Waals surface area contributed by atoms with Crippen LogP contribution >= 0.6 is 0 Å². The van der Waals surface area contributed by atoms with Gasteiger partial charge in [-0.25, -0.2) is 4.98 Å². The smallest absolute Gasteiger partial charge is 0.326 e. The van der Waals surface area contributed by atoms with Gasteiger partial charge in [-0.15, -0.1) is 0 Å². The molecule has 1 heterocycles. The predicted octanol–water partition coefficient (Wildman–Crippen LogP) is 1.02. The van der Waals surface area contributed by atoms with Gasteiger partial charge in [-0.2, -0.15) is 5.26 Å². The molecule has 5 heteroatoms. The number of amides is 1. The maximum absolute atomic E-state index is 10.8. The second-order valence-corrected chi connectivity index (χ2v) is 2.70. The van der Waals surface area contributed by atoms with Crippen LogP contribution in [0.4, 0.5) is 5.69 Å². The van der Waals surface area contributed by atoms with Crippen LogP contribution in [0.5, 0.6) is 0 Å². The average Bonchev–Trinajstić information content (AvgIpc) is 2.64. The molecule has 2 N–H and O–H groups in total. The summed E-state index contributed by atoms with van der Waals surface area (Å²) in [5, 5.41) is 10.7. The van der Waals surface area contributed by atoms with Crippen molar-refractivity contribution in [3.8, 4) is 6.07 Å². The number of H-pyrrole nitrogens is 1. The fraction of sp³-hybridized carbons (Fsp3) is 0. The van der Waals surface area contributed by atoms with Crippen molar-refractivity contribution in [2.24, 2.45) is 0 Å². The Hall–Kier alpha value is -2.35. The molecular weight excluding hydrogens is 180 g/mol. The average molecular weight is 186 g/mol. The standard InChI is InChI=1S/C9H6N4O/c10-4-9(14)13-6-1-2-7-8(3-6)12-5-11-7/h1-3,5H,(H,11,12)(H,13,14). The van der Waals surface area contributed by atoms with Crippen LogP contribution in [0.2, 0.25) is 0 Å². The lowest BCUT2D eigenvalue weighted by Crippen LogP contribution is -2.07. The first-order chi connectivity index (χ1) is 6.79. The maximum Gasteiger partial charge on any atom is 0.326 e. The van der Waals surface area contributed by atoms with Crippen LogP contribution in [0.1, 0.15) is 0 Å². The summed E-state index contributed by atoms with van der Waals surface area (Å²) < 4.78 is 0. The van der Waals surface area contributed by atoms with E-state index < -0.39 is 5.91 Å². The lowest BCUT2D eigenvalue weighted by molar-refractivity contribution is -0.111. The first kappa shape index (κ1) is 8.26. The topological polar surface area (TPSA) is 81.6 Å². The molecule has 0 saturated heterocycles. The molecule has 0 fully saturated rings. The lowest BCUT2D eigenvalue weighted by Gasteiger charge is -1.98. The van der Waals surface area contributed by atoms with Crippen molar-refractivity contribution in [1.29, 1.82) is 5.26 Å². The van der Waals surface area contributed by atoms with E-state index in [0.717, 1.165) is 11.0 Å². The number of hydrogen-bond donors (Lipinski definition) is 2. The van der Waals surface area contributed by atoms with Crippen molar-refractivity contribution >= 4 is 22.6 Å². The van der Waals surface area contributed by atoms with E-state index in [1.807, 2.05) is 0 Å². The summed E-state index contributed by atoms with van der Waals surface area (Å²) in [6, 6.07) is 6.65. The Morgan fingerprint density at radius 2 is 2.43 bits per heavy atom. The van der Waals surface area contributed by atoms with Crippen LogP contribution in [0.15, 0.2) is 24.5 Å². The summed E-state index contributed by atoms with van der Waals surface area (Å²) in [6.45, 7) is 0. The molecule has 1 aromatic heterocycles. The molecule has 0 aliphatic heterocycles. The van der Waals surface area contributed by atoms with Gasteiger partial charge in [-0.05, 0) is 18.2 Å². The van der Waals surface area contributed by atoms with Gasteiger partial charge in [0.05, 0.1) is 17.4 Å². The molecule has 14 heavy (non-hydrogen) atoms. The SMILES string of the molecule is N#CC(=O)Nc1ccc2nc[nH]c2c1. The van der Waals surface area contributed by atoms with Gasteiger partial charge in [0.15, 0.2) is 6.07 Å². The number of aromatic amines is 1. The Kier molecular flexibility index (Phi) is 1.88. The number of nitriles is 1. The van der Waals surface area contributed by atoms with E-state index in [0.29, 0.717) is 5.69 Å². The molecule has 5 nitrogen and oxygen atoms in total. The van der Waals surface area contributed by atoms with E-state index in [-0.39, 0.29) is 0 Å². The zero-order valence-electron chi connectivity index (χ0n) is 7.11. The first-order valence-electron chi connectivity index (χ1n) is 3.94. The van der Waals surface area contributed by atoms with E-state index in [9.17, 15) is 4.79 Å². The molecule has 2 rings (SSSR count). The zero-order chi connectivity index (χ0) is 9.97. The van der Waals surface area contributed by atoms with Crippen LogP contribution < -0.4 is 5.32 Å². The summed E-state index contributed by atoms with van der Waals surface area (Å²) >= 11 is 0. The fourth-order valence-electron chi connectivity index (χ4n) is 1.17. The second-order valence-electron chi connectivity index (χ2n) is 2.70. The molecule has 0 spiro atoms. The van der Waals surface area contributed by atoms with Gasteiger partial charge >= 0.3 is 5.91 Å². The molecule has 0 bridgehead atoms. The Morgan fingerprint density at radius 1 is 1.57 bits per heavy atom. The second kappa shape index (κ2) is 3.18. The van der Waals surface area contributed by atoms with Gasteiger partial charge < -0.3 is 10.3 Å². The number of nitrogens with zero attached hydrogens (tertiary/aromatic N) is 2. The summed E-state index contributed by atoms with van der Waals surface area (Å²) in [7, 11) is 0. The number of nitrogens with one attached hydrogen (secondary N) is 2. The molecular formula is C9H6N4O. The van der Waals surface area contributed by atoms with Gasteiger partial charge in [-0.3, -0.25) is 4.79 Å². The monoisotopic (exact) mass is 186 g/mol. The van der Waals surface area contributed by atoms with Crippen LogP contribution in [-0.2, 0) is 4.79 Å². The van der Waals surface area contributed by atoms with Crippen LogP contribution in [0.3, 0.4) is 0 Å². The highest BCUT2D eigenvalue weighted by Crippen LogP contribution is 2.15. The number of anilines is 1. The number of fused-ring (bicyclic) bond motifs is 1. The first-order valence-corrected chi connectivity index (χ1v) is 3.94. The minimum atomic E-state index is -0.677. The van der Waals surface area contributed by atoms with Crippen LogP contribution in [0, 0.1) is 11.3 Å². The Bertz CT molecular complexity index is 523. The number of hydrogen-bond acceptors (Lipinski definition) is 3. The highest BCUT2D eigenvalue weighted by atomic mass is 16.1. The van der Waals surface area contributed by atoms with E-state index in [1.54, 1.807) is 24.5 Å². The van der Waals surface area contributed by atoms with E-state index in [4.69, 9.17) is 5.26 Å². The van der Waals surface area contributed by atoms with Gasteiger partial charge in [-0.1, -0.05) is 0 Å². The van der Waals surface area contributed by atoms with Crippen molar-refractivity contribution < 1.29 is 4.79 Å². The highest BCUT2D eigenvalue weighted by molar-refractivity contribution is 6.03. The largest absolute Gasteiger partial charge is 0.345 e. The number of carbonyl (C=O) groups excluding carboxylic acids is 1. The van der Waals surface area contributed by atoms with Gasteiger partial charge in [0.2, 0.25) is 0 Å². The molecule has 0 aliphatic carbocycles. The quantitative estimate of drug-likeness (QED) is 0.652. The van der Waals surface area contributed by atoms with Crippen LogP contribution in [-0.4, -0.2) is 15.9 Å². The van der Waals surface area contributed by atoms with Gasteiger partial charge in [0, 0.05) is 5.69 Å².